The van der Waals surface area contributed by atoms with Crippen molar-refractivity contribution in [1.29, 1.82) is 0 Å². The van der Waals surface area contributed by atoms with Crippen LogP contribution in [0.3, 0.4) is 0 Å². The maximum Gasteiger partial charge on any atom is 0.185 e. The Balaban J connectivity index is 1.76. The zero-order chi connectivity index (χ0) is 15.4. The highest BCUT2D eigenvalue weighted by molar-refractivity contribution is 6.06. The Labute approximate surface area is 127 Å². The maximum absolute atomic E-state index is 12.9. The molecule has 0 unspecified atom stereocenters. The van der Waals surface area contributed by atoms with Crippen LogP contribution in [0.1, 0.15) is 16.1 Å². The number of carbonyl (C=O) groups is 1. The van der Waals surface area contributed by atoms with Crippen LogP contribution in [-0.4, -0.2) is 5.78 Å². The number of benzene rings is 2. The highest BCUT2D eigenvalue weighted by Crippen LogP contribution is 2.20. The molecule has 0 aliphatic carbocycles. The first-order valence-corrected chi connectivity index (χ1v) is 6.84. The molecule has 2 aromatic carbocycles. The summed E-state index contributed by atoms with van der Waals surface area (Å²) in [5.41, 5.74) is 2.44. The Morgan fingerprint density at radius 2 is 1.55 bits per heavy atom. The molecule has 0 saturated heterocycles. The van der Waals surface area contributed by atoms with Crippen LogP contribution in [0.15, 0.2) is 77.4 Å². The highest BCUT2D eigenvalue weighted by Gasteiger charge is 2.03. The summed E-state index contributed by atoms with van der Waals surface area (Å²) < 4.78 is 18.1. The van der Waals surface area contributed by atoms with Crippen molar-refractivity contribution in [3.63, 3.8) is 0 Å². The van der Waals surface area contributed by atoms with Crippen LogP contribution < -0.4 is 0 Å². The van der Waals surface area contributed by atoms with Gasteiger partial charge in [0.1, 0.15) is 11.6 Å². The molecule has 3 rings (SSSR count). The third-order valence-electron chi connectivity index (χ3n) is 3.29. The van der Waals surface area contributed by atoms with Gasteiger partial charge in [-0.3, -0.25) is 4.79 Å². The molecule has 22 heavy (non-hydrogen) atoms. The number of hydrogen-bond donors (Lipinski definition) is 0. The number of allylic oxidation sites excluding steroid dienone is 1. The van der Waals surface area contributed by atoms with E-state index in [1.165, 1.54) is 18.2 Å². The monoisotopic (exact) mass is 292 g/mol. The largest absolute Gasteiger partial charge is 0.465 e. The van der Waals surface area contributed by atoms with Crippen LogP contribution >= 0.6 is 0 Å². The SMILES string of the molecule is O=C(/C=C/c1ccco1)c1ccc(-c2ccc(F)cc2)cc1. The van der Waals surface area contributed by atoms with Gasteiger partial charge in [0.15, 0.2) is 5.78 Å². The Hall–Kier alpha value is -2.94. The number of furan rings is 1. The van der Waals surface area contributed by atoms with Crippen molar-refractivity contribution in [3.8, 4) is 11.1 Å². The van der Waals surface area contributed by atoms with Gasteiger partial charge in [-0.15, -0.1) is 0 Å². The van der Waals surface area contributed by atoms with Crippen molar-refractivity contribution in [2.75, 3.05) is 0 Å². The van der Waals surface area contributed by atoms with E-state index in [4.69, 9.17) is 4.42 Å². The molecule has 0 radical (unpaired) electrons. The van der Waals surface area contributed by atoms with Gasteiger partial charge >= 0.3 is 0 Å². The number of hydrogen-bond acceptors (Lipinski definition) is 2. The Bertz CT molecular complexity index is 782. The molecule has 3 aromatic rings. The lowest BCUT2D eigenvalue weighted by atomic mass is 10.0. The normalized spacial score (nSPS) is 11.0. The molecule has 0 N–H and O–H groups in total. The molecule has 0 amide bonds. The van der Waals surface area contributed by atoms with E-state index in [0.29, 0.717) is 11.3 Å². The molecule has 0 bridgehead atoms. The van der Waals surface area contributed by atoms with E-state index < -0.39 is 0 Å². The summed E-state index contributed by atoms with van der Waals surface area (Å²) in [7, 11) is 0. The van der Waals surface area contributed by atoms with Crippen LogP contribution in [0.4, 0.5) is 4.39 Å². The van der Waals surface area contributed by atoms with E-state index in [-0.39, 0.29) is 11.6 Å². The average molecular weight is 292 g/mol. The van der Waals surface area contributed by atoms with Crippen molar-refractivity contribution in [2.45, 2.75) is 0 Å². The van der Waals surface area contributed by atoms with E-state index >= 15 is 0 Å². The van der Waals surface area contributed by atoms with Crippen LogP contribution in [0.5, 0.6) is 0 Å². The summed E-state index contributed by atoms with van der Waals surface area (Å²) in [5, 5.41) is 0. The first-order valence-electron chi connectivity index (χ1n) is 6.84. The molecule has 0 saturated carbocycles. The zero-order valence-corrected chi connectivity index (χ0v) is 11.7. The summed E-state index contributed by atoms with van der Waals surface area (Å²) in [5.74, 6) is 0.275. The van der Waals surface area contributed by atoms with Gasteiger partial charge in [-0.2, -0.15) is 0 Å². The molecule has 0 aliphatic heterocycles. The molecule has 108 valence electrons. The van der Waals surface area contributed by atoms with Crippen molar-refractivity contribution in [2.24, 2.45) is 0 Å². The van der Waals surface area contributed by atoms with E-state index in [1.54, 1.807) is 48.7 Å². The predicted octanol–water partition coefficient (Wildman–Crippen LogP) is 4.98. The molecule has 0 fully saturated rings. The molecule has 1 aromatic heterocycles. The Morgan fingerprint density at radius 3 is 2.14 bits per heavy atom. The molecule has 0 atom stereocenters. The van der Waals surface area contributed by atoms with Crippen molar-refractivity contribution in [3.05, 3.63) is 90.1 Å². The lowest BCUT2D eigenvalue weighted by molar-refractivity contribution is 0.104. The Morgan fingerprint density at radius 1 is 0.909 bits per heavy atom. The van der Waals surface area contributed by atoms with Crippen LogP contribution in [0.25, 0.3) is 17.2 Å². The van der Waals surface area contributed by atoms with E-state index in [1.807, 2.05) is 12.1 Å². The molecule has 0 aliphatic rings. The molecule has 3 heteroatoms. The van der Waals surface area contributed by atoms with Crippen molar-refractivity contribution >= 4 is 11.9 Å². The number of halogens is 1. The van der Waals surface area contributed by atoms with Gasteiger partial charge in [-0.25, -0.2) is 4.39 Å². The zero-order valence-electron chi connectivity index (χ0n) is 11.7. The van der Waals surface area contributed by atoms with E-state index in [9.17, 15) is 9.18 Å². The molecular weight excluding hydrogens is 279 g/mol. The fourth-order valence-corrected chi connectivity index (χ4v) is 2.11. The molecule has 2 nitrogen and oxygen atoms in total. The summed E-state index contributed by atoms with van der Waals surface area (Å²) in [6.07, 6.45) is 4.67. The van der Waals surface area contributed by atoms with Crippen molar-refractivity contribution in [1.82, 2.24) is 0 Å². The second kappa shape index (κ2) is 6.22. The molecule has 1 heterocycles. The first kappa shape index (κ1) is 14.0. The van der Waals surface area contributed by atoms with Crippen LogP contribution in [0, 0.1) is 5.82 Å². The smallest absolute Gasteiger partial charge is 0.185 e. The van der Waals surface area contributed by atoms with Gasteiger partial charge in [-0.1, -0.05) is 36.4 Å². The highest BCUT2D eigenvalue weighted by atomic mass is 19.1. The lowest BCUT2D eigenvalue weighted by Crippen LogP contribution is -1.93. The Kier molecular flexibility index (Phi) is 3.97. The third kappa shape index (κ3) is 3.20. The number of carbonyl (C=O) groups excluding carboxylic acids is 1. The van der Waals surface area contributed by atoms with Gasteiger partial charge in [0, 0.05) is 5.56 Å². The van der Waals surface area contributed by atoms with Gasteiger partial charge < -0.3 is 4.42 Å². The third-order valence-corrected chi connectivity index (χ3v) is 3.29. The fourth-order valence-electron chi connectivity index (χ4n) is 2.11. The quantitative estimate of drug-likeness (QED) is 0.501. The van der Waals surface area contributed by atoms with Gasteiger partial charge in [0.25, 0.3) is 0 Å². The van der Waals surface area contributed by atoms with Gasteiger partial charge in [0.05, 0.1) is 6.26 Å². The number of rotatable bonds is 4. The van der Waals surface area contributed by atoms with Gasteiger partial charge in [0.2, 0.25) is 0 Å². The summed E-state index contributed by atoms with van der Waals surface area (Å²) >= 11 is 0. The van der Waals surface area contributed by atoms with Crippen LogP contribution in [0.2, 0.25) is 0 Å². The second-order valence-electron chi connectivity index (χ2n) is 4.80. The average Bonchev–Trinajstić information content (AvgIpc) is 3.07. The minimum Gasteiger partial charge on any atom is -0.465 e. The second-order valence-corrected chi connectivity index (χ2v) is 4.80. The van der Waals surface area contributed by atoms with Crippen LogP contribution in [-0.2, 0) is 0 Å². The summed E-state index contributed by atoms with van der Waals surface area (Å²) in [6.45, 7) is 0. The lowest BCUT2D eigenvalue weighted by Gasteiger charge is -2.02. The van der Waals surface area contributed by atoms with Gasteiger partial charge in [-0.05, 0) is 47.5 Å². The standard InChI is InChI=1S/C19H13FO2/c20-17-9-7-15(8-10-17)14-3-5-16(6-4-14)19(21)12-11-18-2-1-13-22-18/h1-13H/b12-11+. The maximum atomic E-state index is 12.9. The van der Waals surface area contributed by atoms with Crippen molar-refractivity contribution < 1.29 is 13.6 Å². The fraction of sp³-hybridized carbons (Fsp3) is 0. The summed E-state index contributed by atoms with van der Waals surface area (Å²) in [6, 6.07) is 17.0. The minimum atomic E-state index is -0.265. The topological polar surface area (TPSA) is 30.2 Å². The number of ketones is 1. The predicted molar refractivity (Wildman–Crippen MR) is 83.9 cm³/mol. The molecular formula is C19H13FO2. The van der Waals surface area contributed by atoms with E-state index in [0.717, 1.165) is 11.1 Å². The molecule has 0 spiro atoms. The summed E-state index contributed by atoms with van der Waals surface area (Å²) in [4.78, 5) is 12.1. The van der Waals surface area contributed by atoms with E-state index in [2.05, 4.69) is 0 Å². The first-order chi connectivity index (χ1) is 10.7. The minimum absolute atomic E-state index is 0.0953.